The molecular weight excluding hydrogens is 210 g/mol. The normalized spacial score (nSPS) is 16.2. The van der Waals surface area contributed by atoms with Crippen molar-refractivity contribution in [2.75, 3.05) is 18.0 Å². The molecule has 0 aromatic carbocycles. The number of carbonyl (C=O) groups excluding carboxylic acids is 1. The first-order valence-electron chi connectivity index (χ1n) is 5.03. The number of Topliss-reactive ketones (excluding diaryl/α,β-unsaturated/α-hetero) is 1. The van der Waals surface area contributed by atoms with Crippen molar-refractivity contribution < 1.29 is 9.72 Å². The highest BCUT2D eigenvalue weighted by atomic mass is 16.6. The van der Waals surface area contributed by atoms with Gasteiger partial charge in [-0.25, -0.2) is 0 Å². The van der Waals surface area contributed by atoms with Crippen LogP contribution in [0.1, 0.15) is 12.8 Å². The van der Waals surface area contributed by atoms with Crippen molar-refractivity contribution in [3.05, 3.63) is 28.6 Å². The van der Waals surface area contributed by atoms with E-state index in [0.717, 1.165) is 0 Å². The molecule has 0 spiro atoms. The second-order valence-electron chi connectivity index (χ2n) is 3.65. The van der Waals surface area contributed by atoms with E-state index in [1.165, 1.54) is 12.4 Å². The summed E-state index contributed by atoms with van der Waals surface area (Å²) in [4.78, 5) is 27.0. The Morgan fingerprint density at radius 2 is 2.06 bits per heavy atom. The van der Waals surface area contributed by atoms with E-state index < -0.39 is 4.92 Å². The Balaban J connectivity index is 2.26. The van der Waals surface area contributed by atoms with E-state index in [9.17, 15) is 14.9 Å². The molecule has 84 valence electrons. The molecular formula is C10H11N3O3. The predicted octanol–water partition coefficient (Wildman–Crippen LogP) is 1.16. The maximum atomic E-state index is 11.1. The second kappa shape index (κ2) is 4.26. The largest absolute Gasteiger partial charge is 0.365 e. The third-order valence-electron chi connectivity index (χ3n) is 2.64. The van der Waals surface area contributed by atoms with E-state index in [0.29, 0.717) is 31.6 Å². The van der Waals surface area contributed by atoms with Crippen molar-refractivity contribution in [1.29, 1.82) is 0 Å². The summed E-state index contributed by atoms with van der Waals surface area (Å²) in [6, 6.07) is 1.62. The zero-order valence-corrected chi connectivity index (χ0v) is 8.63. The molecule has 1 fully saturated rings. The van der Waals surface area contributed by atoms with Crippen LogP contribution in [-0.4, -0.2) is 28.8 Å². The molecule has 1 aliphatic heterocycles. The average molecular weight is 221 g/mol. The van der Waals surface area contributed by atoms with Crippen molar-refractivity contribution in [2.24, 2.45) is 0 Å². The van der Waals surface area contributed by atoms with Crippen LogP contribution >= 0.6 is 0 Å². The van der Waals surface area contributed by atoms with Gasteiger partial charge in [-0.3, -0.25) is 19.9 Å². The number of pyridine rings is 1. The van der Waals surface area contributed by atoms with E-state index in [1.54, 1.807) is 6.07 Å². The molecule has 16 heavy (non-hydrogen) atoms. The van der Waals surface area contributed by atoms with Crippen molar-refractivity contribution in [1.82, 2.24) is 4.98 Å². The summed E-state index contributed by atoms with van der Waals surface area (Å²) >= 11 is 0. The van der Waals surface area contributed by atoms with Gasteiger partial charge in [0.25, 0.3) is 0 Å². The fourth-order valence-electron chi connectivity index (χ4n) is 1.78. The SMILES string of the molecule is O=C1CCN(c2ccncc2[N+](=O)[O-])CC1. The summed E-state index contributed by atoms with van der Waals surface area (Å²) in [5.74, 6) is 0.216. The molecule has 0 saturated carbocycles. The molecule has 2 rings (SSSR count). The van der Waals surface area contributed by atoms with E-state index in [1.807, 2.05) is 4.90 Å². The minimum absolute atomic E-state index is 0.00292. The number of piperidine rings is 1. The van der Waals surface area contributed by atoms with Gasteiger partial charge in [0.05, 0.1) is 4.92 Å². The number of anilines is 1. The maximum Gasteiger partial charge on any atom is 0.310 e. The van der Waals surface area contributed by atoms with E-state index in [-0.39, 0.29) is 11.5 Å². The van der Waals surface area contributed by atoms with Crippen LogP contribution in [0.2, 0.25) is 0 Å². The lowest BCUT2D eigenvalue weighted by molar-refractivity contribution is -0.384. The van der Waals surface area contributed by atoms with E-state index >= 15 is 0 Å². The molecule has 0 aliphatic carbocycles. The van der Waals surface area contributed by atoms with Gasteiger partial charge in [-0.15, -0.1) is 0 Å². The van der Waals surface area contributed by atoms with Crippen LogP contribution in [0.15, 0.2) is 18.5 Å². The molecule has 1 aliphatic rings. The second-order valence-corrected chi connectivity index (χ2v) is 3.65. The molecule has 1 saturated heterocycles. The Bertz CT molecular complexity index is 423. The van der Waals surface area contributed by atoms with Crippen LogP contribution in [0, 0.1) is 10.1 Å². The lowest BCUT2D eigenvalue weighted by atomic mass is 10.1. The van der Waals surface area contributed by atoms with Gasteiger partial charge in [0.15, 0.2) is 0 Å². The molecule has 0 unspecified atom stereocenters. The van der Waals surface area contributed by atoms with Crippen molar-refractivity contribution >= 4 is 17.2 Å². The van der Waals surface area contributed by atoms with Gasteiger partial charge in [0.2, 0.25) is 0 Å². The van der Waals surface area contributed by atoms with Gasteiger partial charge in [0, 0.05) is 32.1 Å². The minimum Gasteiger partial charge on any atom is -0.365 e. The Kier molecular flexibility index (Phi) is 2.80. The molecule has 2 heterocycles. The first-order chi connectivity index (χ1) is 7.68. The number of hydrogen-bond donors (Lipinski definition) is 0. The summed E-state index contributed by atoms with van der Waals surface area (Å²) in [7, 11) is 0. The molecule has 0 bridgehead atoms. The molecule has 0 radical (unpaired) electrons. The van der Waals surface area contributed by atoms with Gasteiger partial charge >= 0.3 is 5.69 Å². The monoisotopic (exact) mass is 221 g/mol. The summed E-state index contributed by atoms with van der Waals surface area (Å²) < 4.78 is 0. The highest BCUT2D eigenvalue weighted by Crippen LogP contribution is 2.28. The molecule has 1 aromatic heterocycles. The Labute approximate surface area is 92.0 Å². The van der Waals surface area contributed by atoms with E-state index in [4.69, 9.17) is 0 Å². The smallest absolute Gasteiger partial charge is 0.310 e. The molecule has 6 heteroatoms. The van der Waals surface area contributed by atoms with Crippen LogP contribution < -0.4 is 4.90 Å². The zero-order valence-electron chi connectivity index (χ0n) is 8.63. The third kappa shape index (κ3) is 2.00. The summed E-state index contributed by atoms with van der Waals surface area (Å²) in [5.41, 5.74) is 0.546. The van der Waals surface area contributed by atoms with Gasteiger partial charge in [0.1, 0.15) is 17.7 Å². The number of nitro groups is 1. The number of rotatable bonds is 2. The summed E-state index contributed by atoms with van der Waals surface area (Å²) in [6.07, 6.45) is 3.68. The van der Waals surface area contributed by atoms with Gasteiger partial charge < -0.3 is 4.90 Å². The van der Waals surface area contributed by atoms with Crippen molar-refractivity contribution in [3.63, 3.8) is 0 Å². The van der Waals surface area contributed by atoms with Crippen molar-refractivity contribution in [2.45, 2.75) is 12.8 Å². The number of nitrogens with zero attached hydrogens (tertiary/aromatic N) is 3. The predicted molar refractivity (Wildman–Crippen MR) is 57.3 cm³/mol. The molecule has 6 nitrogen and oxygen atoms in total. The lowest BCUT2D eigenvalue weighted by Crippen LogP contribution is -2.34. The number of hydrogen-bond acceptors (Lipinski definition) is 5. The molecule has 0 N–H and O–H groups in total. The number of carbonyl (C=O) groups is 1. The quantitative estimate of drug-likeness (QED) is 0.553. The maximum absolute atomic E-state index is 11.1. The number of ketones is 1. The molecule has 0 amide bonds. The fraction of sp³-hybridized carbons (Fsp3) is 0.400. The Hall–Kier alpha value is -1.98. The van der Waals surface area contributed by atoms with Crippen LogP contribution in [0.4, 0.5) is 11.4 Å². The topological polar surface area (TPSA) is 76.3 Å². The van der Waals surface area contributed by atoms with Crippen LogP contribution in [0.5, 0.6) is 0 Å². The van der Waals surface area contributed by atoms with Crippen LogP contribution in [0.3, 0.4) is 0 Å². The van der Waals surface area contributed by atoms with Crippen LogP contribution in [-0.2, 0) is 4.79 Å². The highest BCUT2D eigenvalue weighted by Gasteiger charge is 2.23. The summed E-state index contributed by atoms with van der Waals surface area (Å²) in [6.45, 7) is 1.09. The zero-order chi connectivity index (χ0) is 11.5. The lowest BCUT2D eigenvalue weighted by Gasteiger charge is -2.27. The fourth-order valence-corrected chi connectivity index (χ4v) is 1.78. The molecule has 0 atom stereocenters. The van der Waals surface area contributed by atoms with Gasteiger partial charge in [-0.1, -0.05) is 0 Å². The van der Waals surface area contributed by atoms with Gasteiger partial charge in [-0.2, -0.15) is 0 Å². The Morgan fingerprint density at radius 1 is 1.38 bits per heavy atom. The Morgan fingerprint density at radius 3 is 2.69 bits per heavy atom. The van der Waals surface area contributed by atoms with Gasteiger partial charge in [-0.05, 0) is 6.07 Å². The highest BCUT2D eigenvalue weighted by molar-refractivity contribution is 5.81. The number of aromatic nitrogens is 1. The molecule has 1 aromatic rings. The minimum atomic E-state index is -0.446. The average Bonchev–Trinajstić information content (AvgIpc) is 2.30. The van der Waals surface area contributed by atoms with Crippen molar-refractivity contribution in [3.8, 4) is 0 Å². The van der Waals surface area contributed by atoms with E-state index in [2.05, 4.69) is 4.98 Å². The van der Waals surface area contributed by atoms with Crippen LogP contribution in [0.25, 0.3) is 0 Å². The summed E-state index contributed by atoms with van der Waals surface area (Å²) in [5, 5.41) is 10.8. The first kappa shape index (κ1) is 10.5. The first-order valence-corrected chi connectivity index (χ1v) is 5.03. The third-order valence-corrected chi connectivity index (χ3v) is 2.64. The standard InChI is InChI=1S/C10H11N3O3/c14-8-2-5-12(6-3-8)9-1-4-11-7-10(9)13(15)16/h1,4,7H,2-3,5-6H2.